The predicted octanol–water partition coefficient (Wildman–Crippen LogP) is 1.50. The van der Waals surface area contributed by atoms with Crippen LogP contribution in [0.1, 0.15) is 19.4 Å². The molecule has 1 aromatic heterocycles. The molecule has 1 atom stereocenters. The second-order valence-corrected chi connectivity index (χ2v) is 8.40. The Labute approximate surface area is 164 Å². The van der Waals surface area contributed by atoms with Crippen molar-refractivity contribution in [3.63, 3.8) is 0 Å². The number of amides is 1. The summed E-state index contributed by atoms with van der Waals surface area (Å²) in [7, 11) is -2.21. The summed E-state index contributed by atoms with van der Waals surface area (Å²) in [6, 6.07) is 6.13. The van der Waals surface area contributed by atoms with E-state index >= 15 is 0 Å². The van der Waals surface area contributed by atoms with Crippen LogP contribution in [0, 0.1) is 0 Å². The Kier molecular flexibility index (Phi) is 6.32. The molecular weight excluding hydrogens is 384 g/mol. The fraction of sp³-hybridized carbons (Fsp3) is 0.444. The van der Waals surface area contributed by atoms with Gasteiger partial charge < -0.3 is 14.8 Å². The SMILES string of the molecule is COc1cc(S(=O)(=O)N2CCOCC2)ccc1NC(=O)C[C@H](C)n1cccn1. The molecule has 0 aliphatic carbocycles. The van der Waals surface area contributed by atoms with E-state index in [-0.39, 0.29) is 29.0 Å². The minimum atomic E-state index is -3.64. The third-order valence-electron chi connectivity index (χ3n) is 4.51. The number of ether oxygens (including phenoxy) is 2. The number of rotatable bonds is 7. The lowest BCUT2D eigenvalue weighted by atomic mass is 10.2. The van der Waals surface area contributed by atoms with E-state index in [2.05, 4.69) is 10.4 Å². The summed E-state index contributed by atoms with van der Waals surface area (Å²) >= 11 is 0. The number of aromatic nitrogens is 2. The molecule has 9 nitrogen and oxygen atoms in total. The molecule has 10 heteroatoms. The number of nitrogens with zero attached hydrogens (tertiary/aromatic N) is 3. The van der Waals surface area contributed by atoms with Crippen molar-refractivity contribution in [2.75, 3.05) is 38.7 Å². The van der Waals surface area contributed by atoms with Gasteiger partial charge in [-0.25, -0.2) is 8.42 Å². The number of carbonyl (C=O) groups is 1. The van der Waals surface area contributed by atoms with Gasteiger partial charge in [0.15, 0.2) is 0 Å². The summed E-state index contributed by atoms with van der Waals surface area (Å²) in [4.78, 5) is 12.5. The fourth-order valence-electron chi connectivity index (χ4n) is 2.98. The summed E-state index contributed by atoms with van der Waals surface area (Å²) in [6.45, 7) is 3.27. The maximum atomic E-state index is 12.8. The second-order valence-electron chi connectivity index (χ2n) is 6.47. The van der Waals surface area contributed by atoms with Gasteiger partial charge in [0.25, 0.3) is 0 Å². The number of carbonyl (C=O) groups excluding carboxylic acids is 1. The molecule has 1 saturated heterocycles. The van der Waals surface area contributed by atoms with Gasteiger partial charge >= 0.3 is 0 Å². The van der Waals surface area contributed by atoms with Crippen molar-refractivity contribution in [1.82, 2.24) is 14.1 Å². The maximum Gasteiger partial charge on any atom is 0.243 e. The lowest BCUT2D eigenvalue weighted by molar-refractivity contribution is -0.116. The normalized spacial score (nSPS) is 16.5. The number of hydrogen-bond donors (Lipinski definition) is 1. The second kappa shape index (κ2) is 8.72. The number of morpholine rings is 1. The van der Waals surface area contributed by atoms with E-state index in [9.17, 15) is 13.2 Å². The minimum absolute atomic E-state index is 0.109. The van der Waals surface area contributed by atoms with E-state index in [1.807, 2.05) is 6.92 Å². The summed E-state index contributed by atoms with van der Waals surface area (Å²) < 4.78 is 39.2. The van der Waals surface area contributed by atoms with Crippen molar-refractivity contribution in [3.05, 3.63) is 36.7 Å². The van der Waals surface area contributed by atoms with Gasteiger partial charge in [-0.2, -0.15) is 9.40 Å². The number of sulfonamides is 1. The number of hydrogen-bond acceptors (Lipinski definition) is 6. The van der Waals surface area contributed by atoms with Crippen LogP contribution in [-0.4, -0.2) is 61.8 Å². The van der Waals surface area contributed by atoms with Crippen molar-refractivity contribution >= 4 is 21.6 Å². The lowest BCUT2D eigenvalue weighted by Gasteiger charge is -2.26. The molecular formula is C18H24N4O5S. The van der Waals surface area contributed by atoms with Gasteiger partial charge in [-0.1, -0.05) is 0 Å². The Balaban J connectivity index is 1.73. The van der Waals surface area contributed by atoms with E-state index in [0.717, 1.165) is 0 Å². The Bertz CT molecular complexity index is 908. The monoisotopic (exact) mass is 408 g/mol. The maximum absolute atomic E-state index is 12.8. The Morgan fingerprint density at radius 3 is 2.75 bits per heavy atom. The summed E-state index contributed by atoms with van der Waals surface area (Å²) in [5, 5.41) is 6.90. The van der Waals surface area contributed by atoms with Crippen LogP contribution in [0.2, 0.25) is 0 Å². The van der Waals surface area contributed by atoms with Crippen LogP contribution in [0.25, 0.3) is 0 Å². The molecule has 0 radical (unpaired) electrons. The Morgan fingerprint density at radius 2 is 2.11 bits per heavy atom. The first-order valence-corrected chi connectivity index (χ1v) is 10.4. The molecule has 0 unspecified atom stereocenters. The highest BCUT2D eigenvalue weighted by atomic mass is 32.2. The molecule has 28 heavy (non-hydrogen) atoms. The van der Waals surface area contributed by atoms with Crippen LogP contribution in [0.5, 0.6) is 5.75 Å². The highest BCUT2D eigenvalue weighted by molar-refractivity contribution is 7.89. The zero-order valence-electron chi connectivity index (χ0n) is 15.9. The first-order chi connectivity index (χ1) is 13.4. The summed E-state index contributed by atoms with van der Waals surface area (Å²) in [6.07, 6.45) is 3.67. The molecule has 1 aromatic carbocycles. The molecule has 0 spiro atoms. The van der Waals surface area contributed by atoms with Crippen molar-refractivity contribution in [2.24, 2.45) is 0 Å². The predicted molar refractivity (Wildman–Crippen MR) is 103 cm³/mol. The summed E-state index contributed by atoms with van der Waals surface area (Å²) in [5.74, 6) is 0.0690. The molecule has 3 rings (SSSR count). The van der Waals surface area contributed by atoms with Crippen molar-refractivity contribution < 1.29 is 22.7 Å². The van der Waals surface area contributed by atoms with Gasteiger partial charge in [0, 0.05) is 38.0 Å². The first kappa shape index (κ1) is 20.3. The lowest BCUT2D eigenvalue weighted by Crippen LogP contribution is -2.40. The van der Waals surface area contributed by atoms with Gasteiger partial charge in [-0.05, 0) is 25.1 Å². The molecule has 1 amide bonds. The third-order valence-corrected chi connectivity index (χ3v) is 6.41. The molecule has 2 aromatic rings. The average Bonchev–Trinajstić information content (AvgIpc) is 3.24. The topological polar surface area (TPSA) is 103 Å². The van der Waals surface area contributed by atoms with Crippen LogP contribution in [0.15, 0.2) is 41.6 Å². The molecule has 2 heterocycles. The van der Waals surface area contributed by atoms with Crippen molar-refractivity contribution in [2.45, 2.75) is 24.3 Å². The van der Waals surface area contributed by atoms with Gasteiger partial charge in [-0.3, -0.25) is 9.48 Å². The standard InChI is InChI=1S/C18H24N4O5S/c1-14(22-7-3-6-19-22)12-18(23)20-16-5-4-15(13-17(16)26-2)28(24,25)21-8-10-27-11-9-21/h3-7,13-14H,8-12H2,1-2H3,(H,20,23)/t14-/m0/s1. The van der Waals surface area contributed by atoms with Crippen molar-refractivity contribution in [1.29, 1.82) is 0 Å². The van der Waals surface area contributed by atoms with E-state index in [1.54, 1.807) is 29.2 Å². The van der Waals surface area contributed by atoms with Gasteiger partial charge in [0.1, 0.15) is 5.75 Å². The van der Waals surface area contributed by atoms with Crippen LogP contribution >= 0.6 is 0 Å². The van der Waals surface area contributed by atoms with E-state index in [1.165, 1.54) is 23.5 Å². The molecule has 1 N–H and O–H groups in total. The van der Waals surface area contributed by atoms with E-state index < -0.39 is 10.0 Å². The molecule has 0 saturated carbocycles. The highest BCUT2D eigenvalue weighted by Gasteiger charge is 2.27. The van der Waals surface area contributed by atoms with Crippen LogP contribution < -0.4 is 10.1 Å². The largest absolute Gasteiger partial charge is 0.495 e. The molecule has 152 valence electrons. The van der Waals surface area contributed by atoms with Crippen LogP contribution in [-0.2, 0) is 19.6 Å². The Morgan fingerprint density at radius 1 is 1.36 bits per heavy atom. The van der Waals surface area contributed by atoms with Gasteiger partial charge in [0.2, 0.25) is 15.9 Å². The molecule has 1 aliphatic heterocycles. The van der Waals surface area contributed by atoms with E-state index in [0.29, 0.717) is 32.0 Å². The van der Waals surface area contributed by atoms with Gasteiger partial charge in [0.05, 0.1) is 36.9 Å². The summed E-state index contributed by atoms with van der Waals surface area (Å²) in [5.41, 5.74) is 0.418. The van der Waals surface area contributed by atoms with Crippen molar-refractivity contribution in [3.8, 4) is 5.75 Å². The number of anilines is 1. The van der Waals surface area contributed by atoms with Gasteiger partial charge in [-0.15, -0.1) is 0 Å². The third kappa shape index (κ3) is 4.51. The van der Waals surface area contributed by atoms with Crippen LogP contribution in [0.4, 0.5) is 5.69 Å². The first-order valence-electron chi connectivity index (χ1n) is 8.96. The number of nitrogens with one attached hydrogen (secondary N) is 1. The average molecular weight is 408 g/mol. The number of methoxy groups -OCH3 is 1. The fourth-order valence-corrected chi connectivity index (χ4v) is 4.40. The zero-order valence-corrected chi connectivity index (χ0v) is 16.7. The van der Waals surface area contributed by atoms with E-state index in [4.69, 9.17) is 9.47 Å². The smallest absolute Gasteiger partial charge is 0.243 e. The molecule has 1 fully saturated rings. The minimum Gasteiger partial charge on any atom is -0.495 e. The quantitative estimate of drug-likeness (QED) is 0.745. The van der Waals surface area contributed by atoms with Crippen LogP contribution in [0.3, 0.4) is 0 Å². The molecule has 1 aliphatic rings. The Hall–Kier alpha value is -2.43. The molecule has 0 bridgehead atoms. The number of benzene rings is 1. The highest BCUT2D eigenvalue weighted by Crippen LogP contribution is 2.29. The zero-order chi connectivity index (χ0) is 20.1.